The molecule has 0 bridgehead atoms. The van der Waals surface area contributed by atoms with E-state index in [1.807, 2.05) is 20.8 Å². The summed E-state index contributed by atoms with van der Waals surface area (Å²) in [7, 11) is 0. The first-order chi connectivity index (χ1) is 9.23. The molecular weight excluding hydrogens is 256 g/mol. The highest BCUT2D eigenvalue weighted by Crippen LogP contribution is 2.21. The topological polar surface area (TPSA) is 50.8 Å². The molecule has 5 heteroatoms. The summed E-state index contributed by atoms with van der Waals surface area (Å²) in [4.78, 5) is 13.6. The second-order valence-corrected chi connectivity index (χ2v) is 7.17. The van der Waals surface area contributed by atoms with E-state index < -0.39 is 5.60 Å². The van der Waals surface area contributed by atoms with Gasteiger partial charge in [-0.2, -0.15) is 0 Å². The van der Waals surface area contributed by atoms with Crippen LogP contribution < -0.4 is 5.32 Å². The lowest BCUT2D eigenvalue weighted by atomic mass is 9.97. The van der Waals surface area contributed by atoms with Gasteiger partial charge in [0.15, 0.2) is 0 Å². The van der Waals surface area contributed by atoms with Crippen molar-refractivity contribution in [1.82, 2.24) is 10.2 Å². The van der Waals surface area contributed by atoms with Crippen LogP contribution >= 0.6 is 0 Å². The average Bonchev–Trinajstić information content (AvgIpc) is 2.18. The zero-order valence-electron chi connectivity index (χ0n) is 13.3. The van der Waals surface area contributed by atoms with E-state index in [1.165, 1.54) is 0 Å². The van der Waals surface area contributed by atoms with Crippen LogP contribution in [0, 0.1) is 0 Å². The number of hydrogen-bond acceptors (Lipinski definition) is 4. The molecule has 2 fully saturated rings. The van der Waals surface area contributed by atoms with Gasteiger partial charge in [-0.15, -0.1) is 0 Å². The second-order valence-electron chi connectivity index (χ2n) is 7.17. The molecule has 116 valence electrons. The van der Waals surface area contributed by atoms with E-state index >= 15 is 0 Å². The highest BCUT2D eigenvalue weighted by Gasteiger charge is 2.36. The Bertz CT molecular complexity index is 338. The fourth-order valence-electron chi connectivity index (χ4n) is 2.93. The number of nitrogens with zero attached hydrogens (tertiary/aromatic N) is 1. The van der Waals surface area contributed by atoms with Crippen LogP contribution in [-0.2, 0) is 9.47 Å². The van der Waals surface area contributed by atoms with Crippen LogP contribution in [-0.4, -0.2) is 54.0 Å². The van der Waals surface area contributed by atoms with E-state index in [0.29, 0.717) is 24.3 Å². The van der Waals surface area contributed by atoms with Crippen molar-refractivity contribution in [2.45, 2.75) is 77.4 Å². The Kier molecular flexibility index (Phi) is 4.59. The zero-order valence-corrected chi connectivity index (χ0v) is 13.3. The largest absolute Gasteiger partial charge is 0.444 e. The first-order valence-electron chi connectivity index (χ1n) is 7.62. The number of ether oxygens (including phenoxy) is 2. The van der Waals surface area contributed by atoms with Crippen LogP contribution in [0.25, 0.3) is 0 Å². The molecule has 1 N–H and O–H groups in total. The maximum Gasteiger partial charge on any atom is 0.410 e. The third kappa shape index (κ3) is 4.35. The number of amides is 1. The molecule has 0 aliphatic carbocycles. The Balaban J connectivity index is 1.70. The summed E-state index contributed by atoms with van der Waals surface area (Å²) in [5, 5.41) is 3.63. The van der Waals surface area contributed by atoms with Crippen molar-refractivity contribution in [2.24, 2.45) is 0 Å². The lowest BCUT2D eigenvalue weighted by Crippen LogP contribution is -2.63. The molecule has 0 saturated carbocycles. The van der Waals surface area contributed by atoms with E-state index in [1.54, 1.807) is 4.90 Å². The van der Waals surface area contributed by atoms with E-state index in [9.17, 15) is 4.79 Å². The minimum Gasteiger partial charge on any atom is -0.444 e. The maximum atomic E-state index is 11.8. The number of carbonyl (C=O) groups is 1. The van der Waals surface area contributed by atoms with Crippen LogP contribution in [0.5, 0.6) is 0 Å². The van der Waals surface area contributed by atoms with Crippen LogP contribution in [0.15, 0.2) is 0 Å². The molecule has 0 radical (unpaired) electrons. The molecular formula is C15H28N2O3. The van der Waals surface area contributed by atoms with Gasteiger partial charge in [-0.25, -0.2) is 4.79 Å². The van der Waals surface area contributed by atoms with Gasteiger partial charge < -0.3 is 19.7 Å². The predicted octanol–water partition coefficient (Wildman–Crippen LogP) is 2.15. The van der Waals surface area contributed by atoms with Gasteiger partial charge in [0.05, 0.1) is 12.2 Å². The van der Waals surface area contributed by atoms with Crippen molar-refractivity contribution >= 4 is 6.09 Å². The molecule has 0 spiro atoms. The molecule has 2 saturated heterocycles. The van der Waals surface area contributed by atoms with Crippen LogP contribution in [0.4, 0.5) is 4.79 Å². The van der Waals surface area contributed by atoms with Crippen molar-refractivity contribution in [3.05, 3.63) is 0 Å². The standard InChI is InChI=1S/C15H28N2O3/c1-10-6-12(7-11(2)19-10)16-13-8-17(9-13)14(18)20-15(3,4)5/h10-13,16H,6-9H2,1-5H3. The van der Waals surface area contributed by atoms with Crippen LogP contribution in [0.2, 0.25) is 0 Å². The molecule has 2 unspecified atom stereocenters. The molecule has 2 atom stereocenters. The predicted molar refractivity (Wildman–Crippen MR) is 77.8 cm³/mol. The van der Waals surface area contributed by atoms with E-state index in [2.05, 4.69) is 19.2 Å². The zero-order chi connectivity index (χ0) is 14.9. The van der Waals surface area contributed by atoms with Crippen molar-refractivity contribution < 1.29 is 14.3 Å². The minimum atomic E-state index is -0.416. The molecule has 1 amide bonds. The Morgan fingerprint density at radius 2 is 1.70 bits per heavy atom. The lowest BCUT2D eigenvalue weighted by molar-refractivity contribution is -0.0485. The monoisotopic (exact) mass is 284 g/mol. The summed E-state index contributed by atoms with van der Waals surface area (Å²) in [6, 6.07) is 0.893. The summed E-state index contributed by atoms with van der Waals surface area (Å²) >= 11 is 0. The van der Waals surface area contributed by atoms with Gasteiger partial charge in [-0.05, 0) is 47.5 Å². The summed E-state index contributed by atoms with van der Waals surface area (Å²) < 4.78 is 11.1. The molecule has 2 rings (SSSR count). The van der Waals surface area contributed by atoms with Gasteiger partial charge in [0.1, 0.15) is 5.60 Å². The quantitative estimate of drug-likeness (QED) is 0.844. The molecule has 5 nitrogen and oxygen atoms in total. The van der Waals surface area contributed by atoms with Crippen LogP contribution in [0.3, 0.4) is 0 Å². The summed E-state index contributed by atoms with van der Waals surface area (Å²) in [5.41, 5.74) is -0.416. The van der Waals surface area contributed by atoms with Crippen molar-refractivity contribution in [3.8, 4) is 0 Å². The number of rotatable bonds is 2. The third-order valence-corrected chi connectivity index (χ3v) is 3.70. The molecule has 2 heterocycles. The van der Waals surface area contributed by atoms with Crippen LogP contribution in [0.1, 0.15) is 47.5 Å². The van der Waals surface area contributed by atoms with Crippen molar-refractivity contribution in [2.75, 3.05) is 13.1 Å². The number of carbonyl (C=O) groups excluding carboxylic acids is 1. The van der Waals surface area contributed by atoms with Gasteiger partial charge in [-0.3, -0.25) is 0 Å². The first-order valence-corrected chi connectivity index (χ1v) is 7.62. The molecule has 0 aromatic rings. The van der Waals surface area contributed by atoms with Gasteiger partial charge in [0.25, 0.3) is 0 Å². The number of nitrogens with one attached hydrogen (secondary N) is 1. The van der Waals surface area contributed by atoms with Gasteiger partial charge >= 0.3 is 6.09 Å². The maximum absolute atomic E-state index is 11.8. The van der Waals surface area contributed by atoms with Gasteiger partial charge in [-0.1, -0.05) is 0 Å². The van der Waals surface area contributed by atoms with Gasteiger partial charge in [0.2, 0.25) is 0 Å². The van der Waals surface area contributed by atoms with E-state index in [0.717, 1.165) is 25.9 Å². The normalized spacial score (nSPS) is 31.9. The lowest BCUT2D eigenvalue weighted by Gasteiger charge is -2.43. The molecule has 0 aromatic carbocycles. The highest BCUT2D eigenvalue weighted by atomic mass is 16.6. The van der Waals surface area contributed by atoms with E-state index in [-0.39, 0.29) is 6.09 Å². The summed E-state index contributed by atoms with van der Waals surface area (Å²) in [6.07, 6.45) is 2.53. The number of hydrogen-bond donors (Lipinski definition) is 1. The molecule has 2 aliphatic rings. The van der Waals surface area contributed by atoms with E-state index in [4.69, 9.17) is 9.47 Å². The summed E-state index contributed by atoms with van der Waals surface area (Å²) in [6.45, 7) is 11.4. The Morgan fingerprint density at radius 1 is 1.15 bits per heavy atom. The number of likely N-dealkylation sites (tertiary alicyclic amines) is 1. The smallest absolute Gasteiger partial charge is 0.410 e. The third-order valence-electron chi connectivity index (χ3n) is 3.70. The molecule has 20 heavy (non-hydrogen) atoms. The second kappa shape index (κ2) is 5.90. The van der Waals surface area contributed by atoms with Crippen molar-refractivity contribution in [3.63, 3.8) is 0 Å². The van der Waals surface area contributed by atoms with Crippen molar-refractivity contribution in [1.29, 1.82) is 0 Å². The minimum absolute atomic E-state index is 0.204. The average molecular weight is 284 g/mol. The Hall–Kier alpha value is -0.810. The van der Waals surface area contributed by atoms with Gasteiger partial charge in [0, 0.05) is 25.2 Å². The molecule has 2 aliphatic heterocycles. The SMILES string of the molecule is CC1CC(NC2CN(C(=O)OC(C)(C)C)C2)CC(C)O1. The molecule has 0 aromatic heterocycles. The summed E-state index contributed by atoms with van der Waals surface area (Å²) in [5.74, 6) is 0. The fraction of sp³-hybridized carbons (Fsp3) is 0.933. The Labute approximate surface area is 122 Å². The first kappa shape index (κ1) is 15.6. The Morgan fingerprint density at radius 3 is 2.20 bits per heavy atom. The fourth-order valence-corrected chi connectivity index (χ4v) is 2.93. The highest BCUT2D eigenvalue weighted by molar-refractivity contribution is 5.69.